The zero-order chi connectivity index (χ0) is 14.5. The van der Waals surface area contributed by atoms with Crippen molar-refractivity contribution in [3.05, 3.63) is 34.9 Å². The van der Waals surface area contributed by atoms with E-state index in [2.05, 4.69) is 4.90 Å². The third-order valence-electron chi connectivity index (χ3n) is 4.24. The van der Waals surface area contributed by atoms with E-state index in [1.807, 2.05) is 31.3 Å². The molecule has 4 heteroatoms. The number of hydrogen-bond acceptors (Lipinski definition) is 2. The second-order valence-corrected chi connectivity index (χ2v) is 6.06. The zero-order valence-electron chi connectivity index (χ0n) is 11.9. The zero-order valence-corrected chi connectivity index (χ0v) is 12.6. The van der Waals surface area contributed by atoms with E-state index >= 15 is 0 Å². The lowest BCUT2D eigenvalue weighted by Crippen LogP contribution is -2.40. The molecule has 1 N–H and O–H groups in total. The van der Waals surface area contributed by atoms with Crippen molar-refractivity contribution in [2.45, 2.75) is 44.7 Å². The van der Waals surface area contributed by atoms with Gasteiger partial charge in [-0.25, -0.2) is 0 Å². The van der Waals surface area contributed by atoms with Crippen LogP contribution in [0.15, 0.2) is 24.3 Å². The van der Waals surface area contributed by atoms with E-state index in [0.29, 0.717) is 6.54 Å². The van der Waals surface area contributed by atoms with Gasteiger partial charge in [0.1, 0.15) is 0 Å². The predicted molar refractivity (Wildman–Crippen MR) is 80.9 cm³/mol. The van der Waals surface area contributed by atoms with Crippen LogP contribution in [-0.4, -0.2) is 29.1 Å². The molecule has 2 atom stereocenters. The number of nitrogens with zero attached hydrogens (tertiary/aromatic N) is 1. The molecule has 20 heavy (non-hydrogen) atoms. The number of carbonyl (C=O) groups is 1. The highest BCUT2D eigenvalue weighted by Crippen LogP contribution is 2.29. The summed E-state index contributed by atoms with van der Waals surface area (Å²) in [6, 6.07) is 7.87. The summed E-state index contributed by atoms with van der Waals surface area (Å²) in [5.74, 6) is -0.923. The Hall–Kier alpha value is -1.06. The van der Waals surface area contributed by atoms with E-state index in [1.54, 1.807) is 0 Å². The van der Waals surface area contributed by atoms with Gasteiger partial charge in [0.05, 0.1) is 5.92 Å². The molecule has 0 aromatic heterocycles. The molecule has 0 bridgehead atoms. The van der Waals surface area contributed by atoms with Crippen LogP contribution in [0.2, 0.25) is 5.02 Å². The van der Waals surface area contributed by atoms with Gasteiger partial charge in [-0.05, 0) is 31.5 Å². The van der Waals surface area contributed by atoms with Crippen molar-refractivity contribution in [1.82, 2.24) is 4.90 Å². The van der Waals surface area contributed by atoms with Gasteiger partial charge in [-0.2, -0.15) is 0 Å². The fourth-order valence-electron chi connectivity index (χ4n) is 3.12. The van der Waals surface area contributed by atoms with Crippen LogP contribution in [0.4, 0.5) is 0 Å². The summed E-state index contributed by atoms with van der Waals surface area (Å²) in [5, 5.41) is 10.2. The van der Waals surface area contributed by atoms with E-state index in [1.165, 1.54) is 0 Å². The maximum atomic E-state index is 11.5. The minimum absolute atomic E-state index is 0.103. The summed E-state index contributed by atoms with van der Waals surface area (Å²) >= 11 is 6.20. The second-order valence-electron chi connectivity index (χ2n) is 5.66. The van der Waals surface area contributed by atoms with Crippen molar-refractivity contribution in [1.29, 1.82) is 0 Å². The van der Waals surface area contributed by atoms with E-state index in [0.717, 1.165) is 42.7 Å². The lowest BCUT2D eigenvalue weighted by molar-refractivity contribution is -0.144. The van der Waals surface area contributed by atoms with Gasteiger partial charge in [-0.1, -0.05) is 49.1 Å². The van der Waals surface area contributed by atoms with Gasteiger partial charge in [0.15, 0.2) is 0 Å². The summed E-state index contributed by atoms with van der Waals surface area (Å²) in [7, 11) is 2.01. The fourth-order valence-corrected chi connectivity index (χ4v) is 3.31. The molecule has 0 aliphatic heterocycles. The normalized spacial score (nSPS) is 23.6. The SMILES string of the molecule is CN(Cc1ccccc1Cl)C1CCCCCC1C(=O)O. The van der Waals surface area contributed by atoms with Gasteiger partial charge >= 0.3 is 5.97 Å². The largest absolute Gasteiger partial charge is 0.481 e. The van der Waals surface area contributed by atoms with E-state index in [9.17, 15) is 9.90 Å². The van der Waals surface area contributed by atoms with Crippen LogP contribution >= 0.6 is 11.6 Å². The number of carboxylic acid groups (broad SMARTS) is 1. The van der Waals surface area contributed by atoms with E-state index < -0.39 is 5.97 Å². The van der Waals surface area contributed by atoms with Crippen molar-refractivity contribution >= 4 is 17.6 Å². The van der Waals surface area contributed by atoms with E-state index in [4.69, 9.17) is 11.6 Å². The maximum Gasteiger partial charge on any atom is 0.308 e. The molecular weight excluding hydrogens is 274 g/mol. The average Bonchev–Trinajstić information content (AvgIpc) is 2.67. The van der Waals surface area contributed by atoms with Crippen LogP contribution in [0, 0.1) is 5.92 Å². The van der Waals surface area contributed by atoms with Gasteiger partial charge in [0.2, 0.25) is 0 Å². The highest BCUT2D eigenvalue weighted by atomic mass is 35.5. The third-order valence-corrected chi connectivity index (χ3v) is 4.61. The topological polar surface area (TPSA) is 40.5 Å². The molecule has 0 heterocycles. The fraction of sp³-hybridized carbons (Fsp3) is 0.562. The number of aliphatic carboxylic acids is 1. The van der Waals surface area contributed by atoms with Crippen molar-refractivity contribution in [2.24, 2.45) is 5.92 Å². The Morgan fingerprint density at radius 3 is 2.70 bits per heavy atom. The van der Waals surface area contributed by atoms with Gasteiger partial charge < -0.3 is 5.11 Å². The molecule has 1 aromatic rings. The van der Waals surface area contributed by atoms with E-state index in [-0.39, 0.29) is 12.0 Å². The Bertz CT molecular complexity index is 464. The Morgan fingerprint density at radius 2 is 2.00 bits per heavy atom. The first kappa shape index (κ1) is 15.3. The predicted octanol–water partition coefficient (Wildman–Crippen LogP) is 3.81. The minimum Gasteiger partial charge on any atom is -0.481 e. The molecule has 0 saturated heterocycles. The van der Waals surface area contributed by atoms with Crippen LogP contribution in [0.25, 0.3) is 0 Å². The molecule has 1 fully saturated rings. The Kier molecular flexibility index (Phi) is 5.44. The van der Waals surface area contributed by atoms with Gasteiger partial charge in [-0.3, -0.25) is 9.69 Å². The van der Waals surface area contributed by atoms with Gasteiger partial charge in [0, 0.05) is 17.6 Å². The first-order chi connectivity index (χ1) is 9.59. The first-order valence-corrected chi connectivity index (χ1v) is 7.64. The average molecular weight is 296 g/mol. The first-order valence-electron chi connectivity index (χ1n) is 7.26. The highest BCUT2D eigenvalue weighted by molar-refractivity contribution is 6.31. The summed E-state index contributed by atoms with van der Waals surface area (Å²) in [5.41, 5.74) is 1.06. The molecule has 1 aliphatic rings. The number of rotatable bonds is 4. The Balaban J connectivity index is 2.11. The molecule has 1 aliphatic carbocycles. The number of halogens is 1. The van der Waals surface area contributed by atoms with Crippen LogP contribution in [0.3, 0.4) is 0 Å². The second kappa shape index (κ2) is 7.09. The Labute approximate surface area is 125 Å². The lowest BCUT2D eigenvalue weighted by atomic mass is 9.93. The molecule has 2 rings (SSSR count). The minimum atomic E-state index is -0.664. The molecule has 0 amide bonds. The quantitative estimate of drug-likeness (QED) is 0.859. The summed E-state index contributed by atoms with van der Waals surface area (Å²) in [4.78, 5) is 13.6. The molecule has 110 valence electrons. The summed E-state index contributed by atoms with van der Waals surface area (Å²) in [6.07, 6.45) is 5.01. The van der Waals surface area contributed by atoms with Crippen LogP contribution < -0.4 is 0 Å². The van der Waals surface area contributed by atoms with Gasteiger partial charge in [0.25, 0.3) is 0 Å². The third kappa shape index (κ3) is 3.74. The smallest absolute Gasteiger partial charge is 0.308 e. The monoisotopic (exact) mass is 295 g/mol. The molecule has 1 aromatic carbocycles. The molecule has 0 radical (unpaired) electrons. The van der Waals surface area contributed by atoms with Crippen molar-refractivity contribution in [3.8, 4) is 0 Å². The number of benzene rings is 1. The van der Waals surface area contributed by atoms with Crippen LogP contribution in [0.1, 0.15) is 37.7 Å². The maximum absolute atomic E-state index is 11.5. The Morgan fingerprint density at radius 1 is 1.30 bits per heavy atom. The molecule has 1 saturated carbocycles. The standard InChI is InChI=1S/C16H22ClNO2/c1-18(11-12-7-5-6-9-14(12)17)15-10-4-2-3-8-13(15)16(19)20/h5-7,9,13,15H,2-4,8,10-11H2,1H3,(H,19,20). The number of hydrogen-bond donors (Lipinski definition) is 1. The molecular formula is C16H22ClNO2. The van der Waals surface area contributed by atoms with Gasteiger partial charge in [-0.15, -0.1) is 0 Å². The molecule has 0 spiro atoms. The summed E-state index contributed by atoms with van der Waals surface area (Å²) < 4.78 is 0. The van der Waals surface area contributed by atoms with Crippen molar-refractivity contribution in [3.63, 3.8) is 0 Å². The molecule has 2 unspecified atom stereocenters. The number of carboxylic acids is 1. The van der Waals surface area contributed by atoms with Crippen LogP contribution in [-0.2, 0) is 11.3 Å². The highest BCUT2D eigenvalue weighted by Gasteiger charge is 2.32. The summed E-state index contributed by atoms with van der Waals surface area (Å²) in [6.45, 7) is 0.702. The van der Waals surface area contributed by atoms with Crippen molar-refractivity contribution in [2.75, 3.05) is 7.05 Å². The van der Waals surface area contributed by atoms with Crippen molar-refractivity contribution < 1.29 is 9.90 Å². The molecule has 3 nitrogen and oxygen atoms in total. The van der Waals surface area contributed by atoms with Crippen LogP contribution in [0.5, 0.6) is 0 Å². The lowest BCUT2D eigenvalue weighted by Gasteiger charge is -2.31.